The van der Waals surface area contributed by atoms with Gasteiger partial charge in [0.15, 0.2) is 0 Å². The van der Waals surface area contributed by atoms with Crippen LogP contribution in [0.15, 0.2) is 24.4 Å². The standard InChI is InChI=1S/C60H113N/c1-3-5-7-9-11-13-15-17-19-21-23-25-27-29-31-33-35-37-39-41-43-45-47-49-51-53-55-59-57-58-61-60(59)56-54-52-50-48-46-44-42-40-38-36-34-32-30-28-26-24-22-20-18-16-14-12-10-8-6-4-2/h53-58,61H,3-52H2,1-2H3/b55-53+,56-54+. The van der Waals surface area contributed by atoms with Crippen molar-refractivity contribution in [3.05, 3.63) is 35.7 Å². The summed E-state index contributed by atoms with van der Waals surface area (Å²) in [5, 5.41) is 0. The molecule has 0 saturated heterocycles. The molecule has 0 spiro atoms. The Morgan fingerprint density at radius 1 is 0.279 bits per heavy atom. The predicted octanol–water partition coefficient (Wildman–Crippen LogP) is 22.6. The van der Waals surface area contributed by atoms with Crippen molar-refractivity contribution in [2.24, 2.45) is 0 Å². The monoisotopic (exact) mass is 848 g/mol. The van der Waals surface area contributed by atoms with Gasteiger partial charge in [-0.3, -0.25) is 0 Å². The van der Waals surface area contributed by atoms with Gasteiger partial charge in [-0.1, -0.05) is 327 Å². The summed E-state index contributed by atoms with van der Waals surface area (Å²) in [7, 11) is 0. The lowest BCUT2D eigenvalue weighted by Gasteiger charge is -2.04. The summed E-state index contributed by atoms with van der Waals surface area (Å²) >= 11 is 0. The summed E-state index contributed by atoms with van der Waals surface area (Å²) in [5.41, 5.74) is 2.63. The van der Waals surface area contributed by atoms with Crippen molar-refractivity contribution in [1.82, 2.24) is 4.98 Å². The Balaban J connectivity index is 1.79. The Morgan fingerprint density at radius 3 is 0.738 bits per heavy atom. The average molecular weight is 849 g/mol. The molecular formula is C60H113N. The van der Waals surface area contributed by atoms with Crippen molar-refractivity contribution in [2.45, 2.75) is 335 Å². The molecule has 0 fully saturated rings. The van der Waals surface area contributed by atoms with E-state index in [-0.39, 0.29) is 0 Å². The van der Waals surface area contributed by atoms with E-state index in [0.717, 1.165) is 0 Å². The zero-order chi connectivity index (χ0) is 43.5. The molecule has 1 aromatic rings. The number of rotatable bonds is 52. The number of aromatic nitrogens is 1. The second-order valence-electron chi connectivity index (χ2n) is 20.0. The molecule has 358 valence electrons. The Kier molecular flexibility index (Phi) is 48.7. The van der Waals surface area contributed by atoms with Crippen molar-refractivity contribution >= 4 is 12.2 Å². The molecule has 0 unspecified atom stereocenters. The third kappa shape index (κ3) is 45.1. The van der Waals surface area contributed by atoms with Gasteiger partial charge >= 0.3 is 0 Å². The first kappa shape index (κ1) is 57.8. The number of allylic oxidation sites excluding steroid dienone is 2. The number of hydrogen-bond donors (Lipinski definition) is 1. The van der Waals surface area contributed by atoms with Crippen LogP contribution in [0.1, 0.15) is 346 Å². The van der Waals surface area contributed by atoms with Crippen LogP contribution >= 0.6 is 0 Å². The first-order valence-corrected chi connectivity index (χ1v) is 28.9. The van der Waals surface area contributed by atoms with Crippen LogP contribution in [0.4, 0.5) is 0 Å². The van der Waals surface area contributed by atoms with Crippen LogP contribution in [0.25, 0.3) is 12.2 Å². The smallest absolute Gasteiger partial charge is 0.0450 e. The first-order chi connectivity index (χ1) is 30.4. The van der Waals surface area contributed by atoms with E-state index in [1.807, 2.05) is 0 Å². The number of aromatic amines is 1. The summed E-state index contributed by atoms with van der Waals surface area (Å²) in [6, 6.07) is 2.23. The fraction of sp³-hybridized carbons (Fsp3) is 0.867. The molecule has 0 saturated carbocycles. The molecule has 0 aliphatic heterocycles. The third-order valence-corrected chi connectivity index (χ3v) is 13.8. The van der Waals surface area contributed by atoms with Gasteiger partial charge in [0.05, 0.1) is 0 Å². The number of H-pyrrole nitrogens is 1. The van der Waals surface area contributed by atoms with Gasteiger partial charge in [-0.05, 0) is 43.4 Å². The highest BCUT2D eigenvalue weighted by molar-refractivity contribution is 5.62. The van der Waals surface area contributed by atoms with E-state index >= 15 is 0 Å². The Bertz CT molecular complexity index is 907. The van der Waals surface area contributed by atoms with Crippen molar-refractivity contribution in [3.8, 4) is 0 Å². The van der Waals surface area contributed by atoms with Gasteiger partial charge in [0, 0.05) is 11.9 Å². The quantitative estimate of drug-likeness (QED) is 0.0629. The van der Waals surface area contributed by atoms with Gasteiger partial charge in [-0.2, -0.15) is 0 Å². The highest BCUT2D eigenvalue weighted by Crippen LogP contribution is 2.19. The second-order valence-corrected chi connectivity index (χ2v) is 20.0. The van der Waals surface area contributed by atoms with Gasteiger partial charge in [-0.15, -0.1) is 0 Å². The van der Waals surface area contributed by atoms with Crippen molar-refractivity contribution in [2.75, 3.05) is 0 Å². The summed E-state index contributed by atoms with van der Waals surface area (Å²) < 4.78 is 0. The second kappa shape index (κ2) is 51.4. The normalized spacial score (nSPS) is 12.0. The van der Waals surface area contributed by atoms with Gasteiger partial charge in [0.1, 0.15) is 0 Å². The van der Waals surface area contributed by atoms with Crippen molar-refractivity contribution in [1.29, 1.82) is 0 Å². The number of hydrogen-bond acceptors (Lipinski definition) is 0. The SMILES string of the molecule is CCCCCCCCCCCCCCCCCCCCCCCCCC/C=C/c1cc[nH]c1/C=C/CCCCCCCCCCCCCCCCCCCCCCCCCC. The minimum Gasteiger partial charge on any atom is -0.361 e. The molecule has 61 heavy (non-hydrogen) atoms. The lowest BCUT2D eigenvalue weighted by Crippen LogP contribution is -1.84. The van der Waals surface area contributed by atoms with Gasteiger partial charge in [0.2, 0.25) is 0 Å². The molecule has 0 radical (unpaired) electrons. The molecule has 0 atom stereocenters. The maximum atomic E-state index is 3.46. The largest absolute Gasteiger partial charge is 0.361 e. The van der Waals surface area contributed by atoms with Crippen LogP contribution in [0, 0.1) is 0 Å². The van der Waals surface area contributed by atoms with Crippen LogP contribution in [-0.4, -0.2) is 4.98 Å². The topological polar surface area (TPSA) is 15.8 Å². The fourth-order valence-electron chi connectivity index (χ4n) is 9.54. The highest BCUT2D eigenvalue weighted by atomic mass is 14.7. The minimum atomic E-state index is 1.21. The predicted molar refractivity (Wildman–Crippen MR) is 281 cm³/mol. The molecule has 1 aromatic heterocycles. The summed E-state index contributed by atoms with van der Waals surface area (Å²) in [4.78, 5) is 3.46. The lowest BCUT2D eigenvalue weighted by atomic mass is 10.0. The summed E-state index contributed by atoms with van der Waals surface area (Å²) in [6.45, 7) is 4.62. The molecule has 1 heterocycles. The highest BCUT2D eigenvalue weighted by Gasteiger charge is 2.00. The van der Waals surface area contributed by atoms with Gasteiger partial charge < -0.3 is 4.98 Å². The van der Waals surface area contributed by atoms with E-state index in [0.29, 0.717) is 0 Å². The van der Waals surface area contributed by atoms with E-state index in [2.05, 4.69) is 55.4 Å². The van der Waals surface area contributed by atoms with Crippen LogP contribution in [-0.2, 0) is 0 Å². The minimum absolute atomic E-state index is 1.21. The number of nitrogens with one attached hydrogen (secondary N) is 1. The van der Waals surface area contributed by atoms with Crippen molar-refractivity contribution < 1.29 is 0 Å². The van der Waals surface area contributed by atoms with Crippen LogP contribution in [0.5, 0.6) is 0 Å². The molecule has 1 nitrogen and oxygen atoms in total. The molecule has 1 rings (SSSR count). The molecule has 0 amide bonds. The van der Waals surface area contributed by atoms with Crippen molar-refractivity contribution in [3.63, 3.8) is 0 Å². The first-order valence-electron chi connectivity index (χ1n) is 28.9. The maximum Gasteiger partial charge on any atom is 0.0450 e. The molecule has 0 aliphatic carbocycles. The fourth-order valence-corrected chi connectivity index (χ4v) is 9.54. The number of unbranched alkanes of at least 4 members (excludes halogenated alkanes) is 48. The molecule has 0 aromatic carbocycles. The Morgan fingerprint density at radius 2 is 0.492 bits per heavy atom. The molecule has 1 N–H and O–H groups in total. The molecule has 0 aliphatic rings. The molecular weight excluding hydrogens is 735 g/mol. The van der Waals surface area contributed by atoms with E-state index in [4.69, 9.17) is 0 Å². The molecule has 1 heteroatoms. The maximum absolute atomic E-state index is 3.46. The average Bonchev–Trinajstić information content (AvgIpc) is 3.73. The zero-order valence-corrected chi connectivity index (χ0v) is 42.3. The van der Waals surface area contributed by atoms with Gasteiger partial charge in [-0.25, -0.2) is 0 Å². The Hall–Kier alpha value is -1.24. The van der Waals surface area contributed by atoms with Crippen LogP contribution < -0.4 is 0 Å². The molecule has 0 bridgehead atoms. The van der Waals surface area contributed by atoms with Crippen LogP contribution in [0.2, 0.25) is 0 Å². The summed E-state index contributed by atoms with van der Waals surface area (Å²) in [6.07, 6.45) is 83.9. The summed E-state index contributed by atoms with van der Waals surface area (Å²) in [5.74, 6) is 0. The van der Waals surface area contributed by atoms with Gasteiger partial charge in [0.25, 0.3) is 0 Å². The van der Waals surface area contributed by atoms with Crippen LogP contribution in [0.3, 0.4) is 0 Å². The lowest BCUT2D eigenvalue weighted by molar-refractivity contribution is 0.517. The van der Waals surface area contributed by atoms with E-state index in [1.54, 1.807) is 0 Å². The Labute approximate surface area is 386 Å². The van der Waals surface area contributed by atoms with E-state index in [9.17, 15) is 0 Å². The van der Waals surface area contributed by atoms with E-state index < -0.39 is 0 Å². The zero-order valence-electron chi connectivity index (χ0n) is 42.3. The van der Waals surface area contributed by atoms with E-state index in [1.165, 1.54) is 332 Å². The third-order valence-electron chi connectivity index (χ3n) is 13.8.